The lowest BCUT2D eigenvalue weighted by atomic mass is 9.87. The van der Waals surface area contributed by atoms with Gasteiger partial charge in [-0.25, -0.2) is 14.6 Å². The molecule has 35 heavy (non-hydrogen) atoms. The Bertz CT molecular complexity index is 1060. The molecule has 1 aliphatic rings. The Morgan fingerprint density at radius 1 is 1.14 bits per heavy atom. The topological polar surface area (TPSA) is 130 Å². The zero-order chi connectivity index (χ0) is 24.5. The van der Waals surface area contributed by atoms with E-state index >= 15 is 0 Å². The highest BCUT2D eigenvalue weighted by molar-refractivity contribution is 5.98. The lowest BCUT2D eigenvalue weighted by molar-refractivity contribution is 0.0951. The summed E-state index contributed by atoms with van der Waals surface area (Å²) in [5, 5.41) is 23.5. The van der Waals surface area contributed by atoms with Crippen molar-refractivity contribution in [3.8, 4) is 5.82 Å². The van der Waals surface area contributed by atoms with Gasteiger partial charge in [0.1, 0.15) is 11.4 Å². The predicted molar refractivity (Wildman–Crippen MR) is 134 cm³/mol. The molecule has 0 unspecified atom stereocenters. The monoisotopic (exact) mass is 478 g/mol. The molecule has 10 nitrogen and oxygen atoms in total. The van der Waals surface area contributed by atoms with Gasteiger partial charge in [0.05, 0.1) is 6.10 Å². The van der Waals surface area contributed by atoms with Gasteiger partial charge in [0.25, 0.3) is 5.91 Å². The van der Waals surface area contributed by atoms with E-state index in [-0.39, 0.29) is 12.0 Å². The van der Waals surface area contributed by atoms with Gasteiger partial charge >= 0.3 is 0 Å². The Kier molecular flexibility index (Phi) is 8.61. The van der Waals surface area contributed by atoms with Gasteiger partial charge in [0.15, 0.2) is 5.82 Å². The molecule has 0 aromatic carbocycles. The maximum atomic E-state index is 13.0. The molecule has 3 aromatic heterocycles. The number of nitrogens with one attached hydrogen (secondary N) is 3. The highest BCUT2D eigenvalue weighted by Gasteiger charge is 2.21. The second-order valence-corrected chi connectivity index (χ2v) is 8.95. The van der Waals surface area contributed by atoms with Crippen molar-refractivity contribution in [1.82, 2.24) is 30.0 Å². The molecule has 186 valence electrons. The highest BCUT2D eigenvalue weighted by Crippen LogP contribution is 2.25. The summed E-state index contributed by atoms with van der Waals surface area (Å²) in [6.45, 7) is 3.95. The largest absolute Gasteiger partial charge is 0.393 e. The van der Waals surface area contributed by atoms with Crippen LogP contribution < -0.4 is 16.0 Å². The number of carbonyl (C=O) groups is 1. The van der Waals surface area contributed by atoms with E-state index in [0.717, 1.165) is 50.6 Å². The SMILES string of the molecule is CCCCNc1ncc(C(=O)NCc2ccc(-n3cccn3)nc2)c(NCC2CCC(O)CC2)n1. The third kappa shape index (κ3) is 6.98. The minimum Gasteiger partial charge on any atom is -0.393 e. The number of rotatable bonds is 11. The van der Waals surface area contributed by atoms with Crippen LogP contribution in [-0.4, -0.2) is 54.9 Å². The molecule has 0 bridgehead atoms. The van der Waals surface area contributed by atoms with Gasteiger partial charge in [0, 0.05) is 44.4 Å². The molecule has 1 fully saturated rings. The van der Waals surface area contributed by atoms with Crippen LogP contribution in [-0.2, 0) is 6.54 Å². The van der Waals surface area contributed by atoms with Crippen LogP contribution in [0.1, 0.15) is 61.4 Å². The zero-order valence-electron chi connectivity index (χ0n) is 20.2. The van der Waals surface area contributed by atoms with Crippen LogP contribution in [0.4, 0.5) is 11.8 Å². The Morgan fingerprint density at radius 3 is 2.71 bits per heavy atom. The Balaban J connectivity index is 1.40. The quantitative estimate of drug-likeness (QED) is 0.309. The number of hydrogen-bond acceptors (Lipinski definition) is 8. The summed E-state index contributed by atoms with van der Waals surface area (Å²) >= 11 is 0. The first-order chi connectivity index (χ1) is 17.1. The Labute approximate surface area is 205 Å². The summed E-state index contributed by atoms with van der Waals surface area (Å²) in [5.74, 6) is 1.94. The maximum absolute atomic E-state index is 13.0. The van der Waals surface area contributed by atoms with Gasteiger partial charge in [-0.3, -0.25) is 4.79 Å². The fourth-order valence-corrected chi connectivity index (χ4v) is 4.07. The molecule has 4 rings (SSSR count). The lowest BCUT2D eigenvalue weighted by Gasteiger charge is -2.26. The fourth-order valence-electron chi connectivity index (χ4n) is 4.07. The Morgan fingerprint density at radius 2 is 2.00 bits per heavy atom. The van der Waals surface area contributed by atoms with Crippen molar-refractivity contribution in [2.75, 3.05) is 23.7 Å². The van der Waals surface area contributed by atoms with Gasteiger partial charge in [-0.05, 0) is 55.7 Å². The van der Waals surface area contributed by atoms with Gasteiger partial charge in [-0.15, -0.1) is 0 Å². The smallest absolute Gasteiger partial charge is 0.256 e. The number of amides is 1. The average Bonchev–Trinajstić information content (AvgIpc) is 3.43. The van der Waals surface area contributed by atoms with Crippen molar-refractivity contribution in [2.24, 2.45) is 5.92 Å². The van der Waals surface area contributed by atoms with Crippen LogP contribution >= 0.6 is 0 Å². The van der Waals surface area contributed by atoms with Crippen LogP contribution in [0.15, 0.2) is 43.0 Å². The molecule has 1 saturated carbocycles. The molecule has 0 saturated heterocycles. The van der Waals surface area contributed by atoms with Crippen molar-refractivity contribution in [2.45, 2.75) is 58.1 Å². The summed E-state index contributed by atoms with van der Waals surface area (Å²) in [6.07, 6.45) is 12.3. The van der Waals surface area contributed by atoms with E-state index in [1.54, 1.807) is 23.3 Å². The molecule has 0 atom stereocenters. The van der Waals surface area contributed by atoms with Crippen LogP contribution in [0, 0.1) is 5.92 Å². The van der Waals surface area contributed by atoms with Crippen molar-refractivity contribution in [1.29, 1.82) is 0 Å². The lowest BCUT2D eigenvalue weighted by Crippen LogP contribution is -2.27. The number of aliphatic hydroxyl groups is 1. The molecule has 3 aromatic rings. The number of aliphatic hydroxyl groups excluding tert-OH is 1. The number of hydrogen-bond donors (Lipinski definition) is 4. The number of nitrogens with zero attached hydrogens (tertiary/aromatic N) is 5. The average molecular weight is 479 g/mol. The molecule has 1 aliphatic carbocycles. The molecule has 0 aliphatic heterocycles. The summed E-state index contributed by atoms with van der Waals surface area (Å²) in [7, 11) is 0. The summed E-state index contributed by atoms with van der Waals surface area (Å²) in [5.41, 5.74) is 1.28. The molecular weight excluding hydrogens is 444 g/mol. The first-order valence-corrected chi connectivity index (χ1v) is 12.4. The van der Waals surface area contributed by atoms with Crippen molar-refractivity contribution in [3.63, 3.8) is 0 Å². The van der Waals surface area contributed by atoms with Crippen molar-refractivity contribution in [3.05, 3.63) is 54.1 Å². The third-order valence-electron chi connectivity index (χ3n) is 6.22. The molecule has 4 N–H and O–H groups in total. The Hall–Kier alpha value is -3.53. The minimum absolute atomic E-state index is 0.191. The maximum Gasteiger partial charge on any atom is 0.256 e. The summed E-state index contributed by atoms with van der Waals surface area (Å²) < 4.78 is 1.68. The standard InChI is InChI=1S/C25H34N8O2/c1-2-3-11-26-25-30-17-21(23(32-25)28-14-18-5-8-20(34)9-6-18)24(35)29-16-19-7-10-22(27-15-19)33-13-4-12-31-33/h4,7,10,12-13,15,17-18,20,34H,2-3,5-6,8-9,11,14,16H2,1H3,(H,29,35)(H2,26,28,30,32). The van der Waals surface area contributed by atoms with Crippen molar-refractivity contribution < 1.29 is 9.90 Å². The van der Waals surface area contributed by atoms with Gasteiger partial charge < -0.3 is 21.1 Å². The van der Waals surface area contributed by atoms with Gasteiger partial charge in [-0.1, -0.05) is 19.4 Å². The second-order valence-electron chi connectivity index (χ2n) is 8.95. The summed E-state index contributed by atoms with van der Waals surface area (Å²) in [4.78, 5) is 26.4. The molecule has 0 spiro atoms. The number of unbranched alkanes of at least 4 members (excludes halogenated alkanes) is 1. The van der Waals surface area contributed by atoms with E-state index < -0.39 is 0 Å². The van der Waals surface area contributed by atoms with Crippen LogP contribution in [0.25, 0.3) is 5.82 Å². The van der Waals surface area contributed by atoms with Crippen LogP contribution in [0.2, 0.25) is 0 Å². The van der Waals surface area contributed by atoms with E-state index in [9.17, 15) is 9.90 Å². The highest BCUT2D eigenvalue weighted by atomic mass is 16.3. The van der Waals surface area contributed by atoms with Gasteiger partial charge in [-0.2, -0.15) is 10.1 Å². The number of aromatic nitrogens is 5. The first kappa shape index (κ1) is 24.6. The van der Waals surface area contributed by atoms with Gasteiger partial charge in [0.2, 0.25) is 5.95 Å². The zero-order valence-corrected chi connectivity index (χ0v) is 20.2. The number of carbonyl (C=O) groups excluding carboxylic acids is 1. The van der Waals surface area contributed by atoms with E-state index in [0.29, 0.717) is 42.2 Å². The first-order valence-electron chi connectivity index (χ1n) is 12.4. The van der Waals surface area contributed by atoms with E-state index in [4.69, 9.17) is 0 Å². The normalized spacial score (nSPS) is 17.7. The van der Waals surface area contributed by atoms with E-state index in [1.165, 1.54) is 0 Å². The molecular formula is C25H34N8O2. The molecule has 0 radical (unpaired) electrons. The fraction of sp³-hybridized carbons (Fsp3) is 0.480. The predicted octanol–water partition coefficient (Wildman–Crippen LogP) is 3.16. The third-order valence-corrected chi connectivity index (χ3v) is 6.22. The second kappa shape index (κ2) is 12.3. The molecule has 1 amide bonds. The molecule has 3 heterocycles. The summed E-state index contributed by atoms with van der Waals surface area (Å²) in [6, 6.07) is 5.62. The molecule has 10 heteroatoms. The number of anilines is 2. The van der Waals surface area contributed by atoms with Crippen LogP contribution in [0.3, 0.4) is 0 Å². The minimum atomic E-state index is -0.247. The van der Waals surface area contributed by atoms with E-state index in [1.807, 2.05) is 24.4 Å². The van der Waals surface area contributed by atoms with Crippen LogP contribution in [0.5, 0.6) is 0 Å². The van der Waals surface area contributed by atoms with Crippen molar-refractivity contribution >= 4 is 17.7 Å². The number of pyridine rings is 1. The van der Waals surface area contributed by atoms with E-state index in [2.05, 4.69) is 42.9 Å².